The molecule has 0 saturated heterocycles. The third kappa shape index (κ3) is 6.14. The summed E-state index contributed by atoms with van der Waals surface area (Å²) in [4.78, 5) is 29.6. The zero-order chi connectivity index (χ0) is 19.8. The van der Waals surface area contributed by atoms with Crippen LogP contribution in [0.15, 0.2) is 53.5 Å². The molecule has 0 unspecified atom stereocenters. The number of carbonyl (C=O) groups excluding carboxylic acids is 2. The van der Waals surface area contributed by atoms with Crippen LogP contribution in [0.4, 0.5) is 5.69 Å². The molecule has 0 spiro atoms. The third-order valence-electron chi connectivity index (χ3n) is 4.02. The van der Waals surface area contributed by atoms with Gasteiger partial charge in [0.1, 0.15) is 5.75 Å². The molecule has 0 bridgehead atoms. The number of aryl methyl sites for hydroxylation is 1. The molecule has 0 atom stereocenters. The Morgan fingerprint density at radius 3 is 2.22 bits per heavy atom. The Balaban J connectivity index is 1.92. The van der Waals surface area contributed by atoms with E-state index in [9.17, 15) is 9.59 Å². The first-order valence-electron chi connectivity index (χ1n) is 8.64. The van der Waals surface area contributed by atoms with Crippen molar-refractivity contribution in [1.82, 2.24) is 4.90 Å². The van der Waals surface area contributed by atoms with E-state index in [0.29, 0.717) is 36.4 Å². The summed E-state index contributed by atoms with van der Waals surface area (Å²) in [6, 6.07) is 13.6. The number of hydrogen-bond acceptors (Lipinski definition) is 4. The van der Waals surface area contributed by atoms with Gasteiger partial charge in [-0.15, -0.1) is 0 Å². The monoisotopic (exact) mass is 368 g/mol. The fraction of sp³-hybridized carbons (Fsp3) is 0.250. The van der Waals surface area contributed by atoms with Crippen molar-refractivity contribution in [3.05, 3.63) is 59.7 Å². The van der Waals surface area contributed by atoms with E-state index < -0.39 is 5.97 Å². The van der Waals surface area contributed by atoms with Crippen LogP contribution in [0.2, 0.25) is 0 Å². The van der Waals surface area contributed by atoms with E-state index >= 15 is 0 Å². The van der Waals surface area contributed by atoms with Gasteiger partial charge in [0.15, 0.2) is 5.96 Å². The number of benzene rings is 2. The molecule has 0 heterocycles. The second-order valence-corrected chi connectivity index (χ2v) is 6.02. The SMILES string of the molecule is CCN(C)C(=O)CCc1ccc(OC(=O)c2ccc(N=C(N)N)cc2)cc1. The molecule has 0 aliphatic heterocycles. The highest BCUT2D eigenvalue weighted by Crippen LogP contribution is 2.17. The van der Waals surface area contributed by atoms with Crippen molar-refractivity contribution in [3.8, 4) is 5.75 Å². The molecule has 2 rings (SSSR count). The van der Waals surface area contributed by atoms with E-state index in [1.165, 1.54) is 0 Å². The first-order valence-corrected chi connectivity index (χ1v) is 8.64. The van der Waals surface area contributed by atoms with Gasteiger partial charge in [-0.2, -0.15) is 0 Å². The number of aliphatic imine (C=N–C) groups is 1. The summed E-state index contributed by atoms with van der Waals surface area (Å²) in [6.45, 7) is 2.64. The molecule has 2 aromatic carbocycles. The molecular formula is C20H24N4O3. The minimum Gasteiger partial charge on any atom is -0.423 e. The van der Waals surface area contributed by atoms with Crippen molar-refractivity contribution in [3.63, 3.8) is 0 Å². The standard InChI is InChI=1S/C20H24N4O3/c1-3-24(2)18(25)13-6-14-4-11-17(12-5-14)27-19(26)15-7-9-16(10-8-15)23-20(21)22/h4-5,7-12H,3,6,13H2,1-2H3,(H4,21,22,23). The number of hydrogen-bond donors (Lipinski definition) is 2. The lowest BCUT2D eigenvalue weighted by atomic mass is 10.1. The number of rotatable bonds is 7. The topological polar surface area (TPSA) is 111 Å². The van der Waals surface area contributed by atoms with E-state index in [0.717, 1.165) is 5.56 Å². The summed E-state index contributed by atoms with van der Waals surface area (Å²) in [5, 5.41) is 0. The fourth-order valence-corrected chi connectivity index (χ4v) is 2.33. The average molecular weight is 368 g/mol. The van der Waals surface area contributed by atoms with Crippen LogP contribution in [0.25, 0.3) is 0 Å². The summed E-state index contributed by atoms with van der Waals surface area (Å²) in [5.74, 6) is 0.0263. The van der Waals surface area contributed by atoms with Crippen molar-refractivity contribution in [2.75, 3.05) is 13.6 Å². The summed E-state index contributed by atoms with van der Waals surface area (Å²) in [5.41, 5.74) is 12.6. The predicted molar refractivity (Wildman–Crippen MR) is 105 cm³/mol. The Labute approximate surface area is 158 Å². The van der Waals surface area contributed by atoms with Crippen LogP contribution in [0.5, 0.6) is 5.75 Å². The Hall–Kier alpha value is -3.35. The minimum absolute atomic E-state index is 0.0477. The molecule has 27 heavy (non-hydrogen) atoms. The number of guanidine groups is 1. The zero-order valence-electron chi connectivity index (χ0n) is 15.5. The molecule has 0 radical (unpaired) electrons. The molecule has 7 nitrogen and oxygen atoms in total. The highest BCUT2D eigenvalue weighted by atomic mass is 16.5. The molecule has 0 aliphatic carbocycles. The van der Waals surface area contributed by atoms with Crippen LogP contribution in [0, 0.1) is 0 Å². The highest BCUT2D eigenvalue weighted by molar-refractivity contribution is 5.91. The molecule has 0 aromatic heterocycles. The van der Waals surface area contributed by atoms with Gasteiger partial charge in [-0.3, -0.25) is 4.79 Å². The third-order valence-corrected chi connectivity index (χ3v) is 4.02. The molecule has 7 heteroatoms. The lowest BCUT2D eigenvalue weighted by Gasteiger charge is -2.14. The van der Waals surface area contributed by atoms with E-state index in [-0.39, 0.29) is 11.9 Å². The van der Waals surface area contributed by atoms with Crippen molar-refractivity contribution in [1.29, 1.82) is 0 Å². The van der Waals surface area contributed by atoms with Crippen LogP contribution >= 0.6 is 0 Å². The van der Waals surface area contributed by atoms with Crippen LogP contribution < -0.4 is 16.2 Å². The second kappa shape index (κ2) is 9.38. The molecule has 4 N–H and O–H groups in total. The first-order chi connectivity index (χ1) is 12.9. The quantitative estimate of drug-likeness (QED) is 0.337. The fourth-order valence-electron chi connectivity index (χ4n) is 2.33. The number of amides is 1. The summed E-state index contributed by atoms with van der Waals surface area (Å²) >= 11 is 0. The molecule has 0 saturated carbocycles. The number of esters is 1. The van der Waals surface area contributed by atoms with E-state index in [4.69, 9.17) is 16.2 Å². The Morgan fingerprint density at radius 2 is 1.67 bits per heavy atom. The summed E-state index contributed by atoms with van der Waals surface area (Å²) < 4.78 is 5.36. The Morgan fingerprint density at radius 1 is 1.04 bits per heavy atom. The van der Waals surface area contributed by atoms with Crippen molar-refractivity contribution in [2.45, 2.75) is 19.8 Å². The Bertz CT molecular complexity index is 810. The lowest BCUT2D eigenvalue weighted by Crippen LogP contribution is -2.26. The number of carbonyl (C=O) groups is 2. The maximum absolute atomic E-state index is 12.2. The molecule has 142 valence electrons. The van der Waals surface area contributed by atoms with Gasteiger partial charge in [0.05, 0.1) is 11.3 Å². The maximum atomic E-state index is 12.2. The van der Waals surface area contributed by atoms with Crippen LogP contribution in [-0.2, 0) is 11.2 Å². The molecule has 0 fully saturated rings. The summed E-state index contributed by atoms with van der Waals surface area (Å²) in [7, 11) is 1.79. The Kier molecular flexibility index (Phi) is 6.93. The largest absolute Gasteiger partial charge is 0.423 e. The number of nitrogens with two attached hydrogens (primary N) is 2. The normalized spacial score (nSPS) is 10.1. The van der Waals surface area contributed by atoms with Gasteiger partial charge >= 0.3 is 5.97 Å². The molecule has 1 amide bonds. The second-order valence-electron chi connectivity index (χ2n) is 6.02. The first kappa shape index (κ1) is 20.0. The van der Waals surface area contributed by atoms with Crippen molar-refractivity contribution < 1.29 is 14.3 Å². The highest BCUT2D eigenvalue weighted by Gasteiger charge is 2.10. The van der Waals surface area contributed by atoms with Crippen molar-refractivity contribution >= 4 is 23.5 Å². The van der Waals surface area contributed by atoms with Gasteiger partial charge in [0.2, 0.25) is 5.91 Å². The van der Waals surface area contributed by atoms with E-state index in [2.05, 4.69) is 4.99 Å². The van der Waals surface area contributed by atoms with Gasteiger partial charge < -0.3 is 21.1 Å². The van der Waals surface area contributed by atoms with Crippen LogP contribution in [-0.4, -0.2) is 36.3 Å². The van der Waals surface area contributed by atoms with Gasteiger partial charge in [0, 0.05) is 20.0 Å². The lowest BCUT2D eigenvalue weighted by molar-refractivity contribution is -0.129. The van der Waals surface area contributed by atoms with Gasteiger partial charge in [-0.1, -0.05) is 12.1 Å². The van der Waals surface area contributed by atoms with E-state index in [1.807, 2.05) is 19.1 Å². The molecule has 0 aliphatic rings. The predicted octanol–water partition coefficient (Wildman–Crippen LogP) is 2.22. The average Bonchev–Trinajstić information content (AvgIpc) is 2.66. The minimum atomic E-state index is -0.473. The smallest absolute Gasteiger partial charge is 0.343 e. The number of nitrogens with zero attached hydrogens (tertiary/aromatic N) is 2. The number of ether oxygens (including phenoxy) is 1. The van der Waals surface area contributed by atoms with Gasteiger partial charge in [-0.25, -0.2) is 9.79 Å². The van der Waals surface area contributed by atoms with Crippen LogP contribution in [0.1, 0.15) is 29.3 Å². The summed E-state index contributed by atoms with van der Waals surface area (Å²) in [6.07, 6.45) is 1.09. The van der Waals surface area contributed by atoms with Gasteiger partial charge in [-0.05, 0) is 55.3 Å². The maximum Gasteiger partial charge on any atom is 0.343 e. The van der Waals surface area contributed by atoms with Crippen LogP contribution in [0.3, 0.4) is 0 Å². The zero-order valence-corrected chi connectivity index (χ0v) is 15.5. The van der Waals surface area contributed by atoms with Gasteiger partial charge in [0.25, 0.3) is 0 Å². The van der Waals surface area contributed by atoms with Crippen molar-refractivity contribution in [2.24, 2.45) is 16.5 Å². The molecular weight excluding hydrogens is 344 g/mol. The van der Waals surface area contributed by atoms with E-state index in [1.54, 1.807) is 48.3 Å². The molecule has 2 aromatic rings.